The molecule has 0 bridgehead atoms. The number of carbonyl (C=O) groups excluding carboxylic acids is 2. The first-order valence-corrected chi connectivity index (χ1v) is 24.4. The van der Waals surface area contributed by atoms with Gasteiger partial charge in [0, 0.05) is 12.8 Å². The van der Waals surface area contributed by atoms with Gasteiger partial charge >= 0.3 is 19.8 Å². The van der Waals surface area contributed by atoms with Crippen molar-refractivity contribution < 1.29 is 42.1 Å². The first-order chi connectivity index (χ1) is 26.5. The Balaban J connectivity index is 4.28. The molecule has 0 aliphatic rings. The van der Waals surface area contributed by atoms with Crippen molar-refractivity contribution in [3.63, 3.8) is 0 Å². The van der Waals surface area contributed by atoms with Gasteiger partial charge in [-0.3, -0.25) is 18.6 Å². The quantitative estimate of drug-likeness (QED) is 0.0213. The number of hydrogen-bond acceptors (Lipinski definition) is 7. The fraction of sp³-hybridized carbons (Fsp3) is 0.911. The Morgan fingerprint density at radius 1 is 0.582 bits per heavy atom. The average molecular weight is 803 g/mol. The van der Waals surface area contributed by atoms with Crippen molar-refractivity contribution in [3.05, 3.63) is 12.7 Å². The number of esters is 2. The highest BCUT2D eigenvalue weighted by Crippen LogP contribution is 2.43. The van der Waals surface area contributed by atoms with Crippen LogP contribution in [0.1, 0.15) is 212 Å². The molecule has 2 atom stereocenters. The van der Waals surface area contributed by atoms with Crippen molar-refractivity contribution in [2.24, 2.45) is 0 Å². The summed E-state index contributed by atoms with van der Waals surface area (Å²) in [6.07, 6.45) is 38.6. The number of phosphoric acid groups is 1. The number of quaternary nitrogens is 1. The number of likely N-dealkylation sites (N-methyl/N-ethyl adjacent to an activating group) is 1. The van der Waals surface area contributed by atoms with Gasteiger partial charge in [0.15, 0.2) is 6.10 Å². The van der Waals surface area contributed by atoms with Gasteiger partial charge in [-0.15, -0.1) is 6.58 Å². The second-order valence-electron chi connectivity index (χ2n) is 16.9. The summed E-state index contributed by atoms with van der Waals surface area (Å²) >= 11 is 0. The van der Waals surface area contributed by atoms with Crippen LogP contribution in [0.2, 0.25) is 0 Å². The molecule has 0 heterocycles. The zero-order chi connectivity index (χ0) is 40.7. The maximum Gasteiger partial charge on any atom is 0.472 e. The van der Waals surface area contributed by atoms with Crippen LogP contribution in [0.3, 0.4) is 0 Å². The lowest BCUT2D eigenvalue weighted by Gasteiger charge is -2.24. The molecule has 0 saturated carbocycles. The molecule has 0 aromatic rings. The molecule has 1 unspecified atom stereocenters. The lowest BCUT2D eigenvalue weighted by Crippen LogP contribution is -2.37. The van der Waals surface area contributed by atoms with Gasteiger partial charge < -0.3 is 18.9 Å². The van der Waals surface area contributed by atoms with Crippen LogP contribution in [-0.2, 0) is 32.7 Å². The van der Waals surface area contributed by atoms with Crippen molar-refractivity contribution in [2.45, 2.75) is 218 Å². The van der Waals surface area contributed by atoms with Gasteiger partial charge in [-0.25, -0.2) is 4.57 Å². The molecule has 9 nitrogen and oxygen atoms in total. The lowest BCUT2D eigenvalue weighted by atomic mass is 10.0. The molecule has 0 aromatic carbocycles. The highest BCUT2D eigenvalue weighted by Gasteiger charge is 2.27. The summed E-state index contributed by atoms with van der Waals surface area (Å²) in [7, 11) is 1.49. The van der Waals surface area contributed by atoms with Crippen molar-refractivity contribution in [3.8, 4) is 0 Å². The van der Waals surface area contributed by atoms with E-state index >= 15 is 0 Å². The van der Waals surface area contributed by atoms with Crippen LogP contribution in [0.15, 0.2) is 12.7 Å². The number of carbonyl (C=O) groups is 2. The second-order valence-corrected chi connectivity index (χ2v) is 18.3. The zero-order valence-corrected chi connectivity index (χ0v) is 37.4. The molecule has 10 heteroatoms. The lowest BCUT2D eigenvalue weighted by molar-refractivity contribution is -0.870. The minimum atomic E-state index is -4.37. The van der Waals surface area contributed by atoms with Gasteiger partial charge in [0.1, 0.15) is 19.8 Å². The van der Waals surface area contributed by atoms with E-state index in [4.69, 9.17) is 18.5 Å². The largest absolute Gasteiger partial charge is 0.472 e. The van der Waals surface area contributed by atoms with Gasteiger partial charge in [-0.05, 0) is 25.7 Å². The van der Waals surface area contributed by atoms with Crippen LogP contribution in [0.5, 0.6) is 0 Å². The van der Waals surface area contributed by atoms with Crippen LogP contribution >= 0.6 is 7.82 Å². The first kappa shape index (κ1) is 53.8. The molecule has 0 spiro atoms. The van der Waals surface area contributed by atoms with Gasteiger partial charge in [0.2, 0.25) is 0 Å². The second kappa shape index (κ2) is 38.3. The summed E-state index contributed by atoms with van der Waals surface area (Å²) in [6.45, 7) is 5.97. The number of allylic oxidation sites excluding steroid dienone is 1. The van der Waals surface area contributed by atoms with E-state index in [1.165, 1.54) is 148 Å². The molecule has 55 heavy (non-hydrogen) atoms. The SMILES string of the molecule is C=CCCCCCCCCCCCCCCCC(=O)OC[C@H](COP(=O)(O)OCC[N+](C)(C)C)OC(=O)CCCCCCCCCCCCCCCCCC. The Kier molecular flexibility index (Phi) is 37.4. The molecule has 0 rings (SSSR count). The van der Waals surface area contributed by atoms with E-state index in [0.29, 0.717) is 23.9 Å². The number of hydrogen-bond donors (Lipinski definition) is 1. The van der Waals surface area contributed by atoms with E-state index in [1.807, 2.05) is 27.2 Å². The Morgan fingerprint density at radius 3 is 1.36 bits per heavy atom. The fourth-order valence-electron chi connectivity index (χ4n) is 6.58. The molecule has 0 aliphatic carbocycles. The van der Waals surface area contributed by atoms with Crippen LogP contribution in [0.25, 0.3) is 0 Å². The average Bonchev–Trinajstić information content (AvgIpc) is 3.13. The molecule has 0 saturated heterocycles. The van der Waals surface area contributed by atoms with Crippen molar-refractivity contribution in [2.75, 3.05) is 47.5 Å². The van der Waals surface area contributed by atoms with E-state index in [0.717, 1.165) is 38.5 Å². The highest BCUT2D eigenvalue weighted by molar-refractivity contribution is 7.47. The standard InChI is InChI=1S/C45H88NO8P/c1-6-8-10-12-14-16-18-20-22-24-26-28-30-32-34-36-38-45(48)54-43(42-53-55(49,50)52-40-39-46(3,4)5)41-51-44(47)37-35-33-31-29-27-25-23-21-19-17-15-13-11-9-7-2/h7,43H,2,6,8-42H2,1,3-5H3/p+1/t43-/m1/s1. The van der Waals surface area contributed by atoms with E-state index in [2.05, 4.69) is 13.5 Å². The molecule has 0 amide bonds. The van der Waals surface area contributed by atoms with Gasteiger partial charge in [0.05, 0.1) is 27.7 Å². The molecular weight excluding hydrogens is 713 g/mol. The Bertz CT molecular complexity index is 940. The van der Waals surface area contributed by atoms with Crippen molar-refractivity contribution in [1.29, 1.82) is 0 Å². The summed E-state index contributed by atoms with van der Waals surface area (Å²) < 4.78 is 34.3. The third-order valence-electron chi connectivity index (χ3n) is 10.2. The predicted octanol–water partition coefficient (Wildman–Crippen LogP) is 13.0. The maximum atomic E-state index is 12.7. The van der Waals surface area contributed by atoms with Crippen LogP contribution < -0.4 is 0 Å². The minimum absolute atomic E-state index is 0.0347. The summed E-state index contributed by atoms with van der Waals surface area (Å²) in [5.41, 5.74) is 0. The van der Waals surface area contributed by atoms with Gasteiger partial charge in [-0.2, -0.15) is 0 Å². The van der Waals surface area contributed by atoms with Crippen molar-refractivity contribution >= 4 is 19.8 Å². The molecule has 0 radical (unpaired) electrons. The smallest absolute Gasteiger partial charge is 0.462 e. The topological polar surface area (TPSA) is 108 Å². The molecular formula is C45H89NO8P+. The van der Waals surface area contributed by atoms with Crippen LogP contribution in [-0.4, -0.2) is 74.9 Å². The summed E-state index contributed by atoms with van der Waals surface area (Å²) in [4.78, 5) is 35.4. The van der Waals surface area contributed by atoms with E-state index in [1.54, 1.807) is 0 Å². The minimum Gasteiger partial charge on any atom is -0.462 e. The molecule has 0 fully saturated rings. The monoisotopic (exact) mass is 803 g/mol. The van der Waals surface area contributed by atoms with Gasteiger partial charge in [0.25, 0.3) is 0 Å². The van der Waals surface area contributed by atoms with Crippen molar-refractivity contribution in [1.82, 2.24) is 0 Å². The van der Waals surface area contributed by atoms with E-state index < -0.39 is 26.5 Å². The predicted molar refractivity (Wildman–Crippen MR) is 229 cm³/mol. The summed E-state index contributed by atoms with van der Waals surface area (Å²) in [5, 5.41) is 0. The Hall–Kier alpha value is -1.25. The molecule has 0 aromatic heterocycles. The Labute approximate surface area is 339 Å². The fourth-order valence-corrected chi connectivity index (χ4v) is 7.33. The highest BCUT2D eigenvalue weighted by atomic mass is 31.2. The number of phosphoric ester groups is 1. The first-order valence-electron chi connectivity index (χ1n) is 22.9. The third kappa shape index (κ3) is 42.2. The zero-order valence-electron chi connectivity index (χ0n) is 36.5. The number of unbranched alkanes of at least 4 members (excludes halogenated alkanes) is 28. The normalized spacial score (nSPS) is 13.4. The Morgan fingerprint density at radius 2 is 0.964 bits per heavy atom. The summed E-state index contributed by atoms with van der Waals surface area (Å²) in [5.74, 6) is -0.789. The maximum absolute atomic E-state index is 12.7. The molecule has 326 valence electrons. The van der Waals surface area contributed by atoms with Crippen LogP contribution in [0.4, 0.5) is 0 Å². The number of nitrogens with zero attached hydrogens (tertiary/aromatic N) is 1. The number of ether oxygens (including phenoxy) is 2. The third-order valence-corrected chi connectivity index (χ3v) is 11.2. The van der Waals surface area contributed by atoms with Crippen LogP contribution in [0, 0.1) is 0 Å². The number of rotatable bonds is 43. The van der Waals surface area contributed by atoms with E-state index in [9.17, 15) is 19.0 Å². The molecule has 1 N–H and O–H groups in total. The van der Waals surface area contributed by atoms with Gasteiger partial charge in [-0.1, -0.05) is 180 Å². The molecule has 0 aliphatic heterocycles. The van der Waals surface area contributed by atoms with E-state index in [-0.39, 0.29) is 25.6 Å². The summed E-state index contributed by atoms with van der Waals surface area (Å²) in [6, 6.07) is 0.